The van der Waals surface area contributed by atoms with Crippen LogP contribution in [-0.4, -0.2) is 36.8 Å². The summed E-state index contributed by atoms with van der Waals surface area (Å²) >= 11 is 0. The number of carbonyl (C=O) groups is 2. The van der Waals surface area contributed by atoms with Gasteiger partial charge in [-0.15, -0.1) is 0 Å². The maximum absolute atomic E-state index is 12.1. The topological polar surface area (TPSA) is 118 Å². The Balaban J connectivity index is 1.65. The van der Waals surface area contributed by atoms with Gasteiger partial charge < -0.3 is 10.6 Å². The van der Waals surface area contributed by atoms with Crippen LogP contribution in [0.2, 0.25) is 0 Å². The van der Waals surface area contributed by atoms with Crippen molar-refractivity contribution < 1.29 is 9.59 Å². The Kier molecular flexibility index (Phi) is 4.46. The third-order valence-corrected chi connectivity index (χ3v) is 4.03. The summed E-state index contributed by atoms with van der Waals surface area (Å²) in [5.74, 6) is -1.16. The summed E-state index contributed by atoms with van der Waals surface area (Å²) < 4.78 is 1.86. The van der Waals surface area contributed by atoms with E-state index in [1.165, 1.54) is 0 Å². The van der Waals surface area contributed by atoms with Crippen molar-refractivity contribution in [2.75, 3.05) is 5.32 Å². The van der Waals surface area contributed by atoms with Gasteiger partial charge in [0.2, 0.25) is 0 Å². The molecule has 0 saturated heterocycles. The average molecular weight is 341 g/mol. The van der Waals surface area contributed by atoms with Crippen LogP contribution in [-0.2, 0) is 22.7 Å². The Morgan fingerprint density at radius 3 is 2.80 bits per heavy atom. The fourth-order valence-electron chi connectivity index (χ4n) is 2.66. The zero-order chi connectivity index (χ0) is 18.0. The van der Waals surface area contributed by atoms with Crippen LogP contribution in [0.3, 0.4) is 0 Å². The van der Waals surface area contributed by atoms with Crippen LogP contribution in [0.1, 0.15) is 23.9 Å². The summed E-state index contributed by atoms with van der Waals surface area (Å²) in [7, 11) is 0. The second-order valence-electron chi connectivity index (χ2n) is 5.58. The van der Waals surface area contributed by atoms with E-state index in [0.717, 1.165) is 23.5 Å². The predicted octanol–water partition coefficient (Wildman–Crippen LogP) is 1.05. The van der Waals surface area contributed by atoms with E-state index < -0.39 is 11.8 Å². The Hall–Kier alpha value is -3.23. The number of anilines is 1. The molecule has 0 aliphatic heterocycles. The van der Waals surface area contributed by atoms with Crippen LogP contribution in [0, 0.1) is 13.8 Å². The number of pyridine rings is 1. The number of aromatic amines is 1. The van der Waals surface area contributed by atoms with Crippen molar-refractivity contribution in [3.63, 3.8) is 0 Å². The molecule has 0 aliphatic rings. The van der Waals surface area contributed by atoms with E-state index in [1.807, 2.05) is 25.5 Å². The molecule has 3 N–H and O–H groups in total. The van der Waals surface area contributed by atoms with Gasteiger partial charge in [-0.1, -0.05) is 0 Å². The highest BCUT2D eigenvalue weighted by Crippen LogP contribution is 2.17. The normalized spacial score (nSPS) is 10.8. The lowest BCUT2D eigenvalue weighted by Gasteiger charge is -2.06. The van der Waals surface area contributed by atoms with Crippen LogP contribution in [0.15, 0.2) is 18.3 Å². The molecule has 0 fully saturated rings. The average Bonchev–Trinajstić information content (AvgIpc) is 3.14. The first-order valence-electron chi connectivity index (χ1n) is 7.92. The van der Waals surface area contributed by atoms with Gasteiger partial charge in [-0.3, -0.25) is 19.4 Å². The quantitative estimate of drug-likeness (QED) is 0.613. The summed E-state index contributed by atoms with van der Waals surface area (Å²) in [4.78, 5) is 28.2. The summed E-state index contributed by atoms with van der Waals surface area (Å²) in [6.07, 6.45) is 1.60. The number of aromatic nitrogens is 5. The molecule has 0 aromatic carbocycles. The molecule has 0 bridgehead atoms. The standard InChI is InChI=1S/C16H19N7O2/c1-4-23-10(3)12(9(2)22-23)8-18-15(24)16(25)19-14-11-6-5-7-17-13(11)20-21-14/h5-7H,4,8H2,1-3H3,(H,18,24)(H2,17,19,20,21,25). The predicted molar refractivity (Wildman–Crippen MR) is 91.7 cm³/mol. The molecule has 9 nitrogen and oxygen atoms in total. The lowest BCUT2D eigenvalue weighted by Crippen LogP contribution is -2.35. The van der Waals surface area contributed by atoms with Gasteiger partial charge in [0, 0.05) is 30.5 Å². The van der Waals surface area contributed by atoms with Gasteiger partial charge in [0.15, 0.2) is 5.65 Å². The Morgan fingerprint density at radius 1 is 1.28 bits per heavy atom. The minimum atomic E-state index is -0.771. The number of hydrogen-bond acceptors (Lipinski definition) is 5. The molecule has 0 aliphatic carbocycles. The zero-order valence-corrected chi connectivity index (χ0v) is 14.3. The molecule has 0 radical (unpaired) electrons. The molecule has 3 rings (SSSR count). The summed E-state index contributed by atoms with van der Waals surface area (Å²) in [5.41, 5.74) is 3.20. The number of H-pyrrole nitrogens is 1. The molecule has 130 valence electrons. The molecular formula is C16H19N7O2. The molecule has 0 unspecified atom stereocenters. The lowest BCUT2D eigenvalue weighted by atomic mass is 10.2. The molecular weight excluding hydrogens is 322 g/mol. The molecule has 3 aromatic rings. The maximum Gasteiger partial charge on any atom is 0.314 e. The highest BCUT2D eigenvalue weighted by atomic mass is 16.2. The number of hydrogen-bond donors (Lipinski definition) is 3. The van der Waals surface area contributed by atoms with Gasteiger partial charge in [0.1, 0.15) is 5.82 Å². The molecule has 0 saturated carbocycles. The molecule has 3 aromatic heterocycles. The highest BCUT2D eigenvalue weighted by molar-refractivity contribution is 6.40. The number of nitrogens with one attached hydrogen (secondary N) is 3. The number of nitrogens with zero attached hydrogens (tertiary/aromatic N) is 4. The number of amides is 2. The molecule has 25 heavy (non-hydrogen) atoms. The van der Waals surface area contributed by atoms with Crippen molar-refractivity contribution in [3.8, 4) is 0 Å². The van der Waals surface area contributed by atoms with E-state index in [4.69, 9.17) is 0 Å². The Morgan fingerprint density at radius 2 is 2.08 bits per heavy atom. The first-order chi connectivity index (χ1) is 12.0. The van der Waals surface area contributed by atoms with Crippen molar-refractivity contribution in [3.05, 3.63) is 35.3 Å². The number of fused-ring (bicyclic) bond motifs is 1. The molecule has 3 heterocycles. The second kappa shape index (κ2) is 6.71. The maximum atomic E-state index is 12.1. The van der Waals surface area contributed by atoms with E-state index in [2.05, 4.69) is 30.9 Å². The van der Waals surface area contributed by atoms with Crippen molar-refractivity contribution in [2.24, 2.45) is 0 Å². The Labute approximate surface area is 143 Å². The van der Waals surface area contributed by atoms with Crippen molar-refractivity contribution in [1.29, 1.82) is 0 Å². The van der Waals surface area contributed by atoms with Gasteiger partial charge in [0.25, 0.3) is 0 Å². The van der Waals surface area contributed by atoms with Crippen molar-refractivity contribution in [2.45, 2.75) is 33.9 Å². The van der Waals surface area contributed by atoms with Gasteiger partial charge in [-0.2, -0.15) is 10.2 Å². The van der Waals surface area contributed by atoms with Crippen LogP contribution in [0.4, 0.5) is 5.82 Å². The first-order valence-corrected chi connectivity index (χ1v) is 7.92. The van der Waals surface area contributed by atoms with Gasteiger partial charge in [0.05, 0.1) is 11.1 Å². The first kappa shape index (κ1) is 16.6. The minimum absolute atomic E-state index is 0.245. The number of carbonyl (C=O) groups excluding carboxylic acids is 2. The number of rotatable bonds is 4. The molecule has 0 atom stereocenters. The van der Waals surface area contributed by atoms with Crippen LogP contribution in [0.25, 0.3) is 11.0 Å². The largest absolute Gasteiger partial charge is 0.344 e. The summed E-state index contributed by atoms with van der Waals surface area (Å²) in [6, 6.07) is 3.48. The summed E-state index contributed by atoms with van der Waals surface area (Å²) in [6.45, 7) is 6.81. The van der Waals surface area contributed by atoms with Crippen LogP contribution >= 0.6 is 0 Å². The van der Waals surface area contributed by atoms with Crippen LogP contribution < -0.4 is 10.6 Å². The van der Waals surface area contributed by atoms with E-state index in [1.54, 1.807) is 18.3 Å². The van der Waals surface area contributed by atoms with Gasteiger partial charge in [-0.05, 0) is 32.9 Å². The smallest absolute Gasteiger partial charge is 0.314 e. The monoisotopic (exact) mass is 341 g/mol. The second-order valence-corrected chi connectivity index (χ2v) is 5.58. The molecule has 0 spiro atoms. The van der Waals surface area contributed by atoms with Crippen LogP contribution in [0.5, 0.6) is 0 Å². The third kappa shape index (κ3) is 3.21. The number of aryl methyl sites for hydroxylation is 2. The van der Waals surface area contributed by atoms with Gasteiger partial charge >= 0.3 is 11.8 Å². The molecule has 9 heteroatoms. The Bertz CT molecular complexity index is 941. The minimum Gasteiger partial charge on any atom is -0.344 e. The van der Waals surface area contributed by atoms with Crippen molar-refractivity contribution in [1.82, 2.24) is 30.3 Å². The fourth-order valence-corrected chi connectivity index (χ4v) is 2.66. The van der Waals surface area contributed by atoms with E-state index in [0.29, 0.717) is 16.9 Å². The van der Waals surface area contributed by atoms with Crippen molar-refractivity contribution >= 4 is 28.7 Å². The third-order valence-electron chi connectivity index (χ3n) is 4.03. The zero-order valence-electron chi connectivity index (χ0n) is 14.3. The lowest BCUT2D eigenvalue weighted by molar-refractivity contribution is -0.136. The molecule has 2 amide bonds. The van der Waals surface area contributed by atoms with E-state index >= 15 is 0 Å². The van der Waals surface area contributed by atoms with Gasteiger partial charge in [-0.25, -0.2) is 4.98 Å². The van der Waals surface area contributed by atoms with E-state index in [9.17, 15) is 9.59 Å². The fraction of sp³-hybridized carbons (Fsp3) is 0.312. The van der Waals surface area contributed by atoms with E-state index in [-0.39, 0.29) is 6.54 Å². The summed E-state index contributed by atoms with van der Waals surface area (Å²) in [5, 5.41) is 16.8. The SMILES string of the molecule is CCn1nc(C)c(CNC(=O)C(=O)Nc2[nH]nc3ncccc23)c1C. The highest BCUT2D eigenvalue weighted by Gasteiger charge is 2.18.